The lowest BCUT2D eigenvalue weighted by atomic mass is 9.44. The summed E-state index contributed by atoms with van der Waals surface area (Å²) < 4.78 is 43.1. The van der Waals surface area contributed by atoms with Gasteiger partial charge in [-0.3, -0.25) is 19.2 Å². The van der Waals surface area contributed by atoms with E-state index >= 15 is 4.79 Å². The van der Waals surface area contributed by atoms with Crippen LogP contribution >= 0.6 is 0 Å². The largest absolute Gasteiger partial charge is 0.456 e. The minimum Gasteiger partial charge on any atom is -0.456 e. The highest BCUT2D eigenvalue weighted by Gasteiger charge is 2.79. The molecule has 15 atom stereocenters. The van der Waals surface area contributed by atoms with Crippen molar-refractivity contribution in [2.75, 3.05) is 13.2 Å². The molecule has 2 aromatic rings. The molecule has 1 amide bonds. The molecule has 2 aromatic carbocycles. The molecule has 0 aromatic heterocycles. The number of benzene rings is 2. The van der Waals surface area contributed by atoms with Gasteiger partial charge in [0, 0.05) is 38.5 Å². The van der Waals surface area contributed by atoms with Gasteiger partial charge in [-0.15, -0.1) is 0 Å². The summed E-state index contributed by atoms with van der Waals surface area (Å²) in [6.07, 6.45) is -15.4. The first kappa shape index (κ1) is 52.7. The minimum atomic E-state index is -2.49. The fraction of sp³-hybridized carbons (Fsp3) is 0.608. The highest BCUT2D eigenvalue weighted by atomic mass is 16.7. The molecular weight excluding hydrogens is 915 g/mol. The summed E-state index contributed by atoms with van der Waals surface area (Å²) in [6.45, 7) is 9.29. The van der Waals surface area contributed by atoms with Crippen molar-refractivity contribution in [3.05, 3.63) is 82.9 Å². The molecule has 2 heterocycles. The highest BCUT2D eigenvalue weighted by Crippen LogP contribution is 2.65. The van der Waals surface area contributed by atoms with Crippen LogP contribution in [0.1, 0.15) is 109 Å². The lowest BCUT2D eigenvalue weighted by Gasteiger charge is -2.68. The molecule has 7 rings (SSSR count). The number of Topliss-reactive ketones (excluding diaryl/α,β-unsaturated/α-hetero) is 1. The highest BCUT2D eigenvalue weighted by molar-refractivity contribution is 5.95. The molecule has 70 heavy (non-hydrogen) atoms. The molecule has 2 aliphatic heterocycles. The summed E-state index contributed by atoms with van der Waals surface area (Å²) in [4.78, 5) is 85.1. The van der Waals surface area contributed by atoms with Crippen LogP contribution in [0.25, 0.3) is 0 Å². The monoisotopic (exact) mass is 979 g/mol. The first-order valence-electron chi connectivity index (χ1n) is 23.8. The second-order valence-electron chi connectivity index (χ2n) is 19.9. The number of rotatable bonds is 15. The Balaban J connectivity index is 1.42. The number of ether oxygens (including phenoxy) is 7. The molecule has 2 saturated heterocycles. The van der Waals surface area contributed by atoms with Crippen molar-refractivity contribution in [1.29, 1.82) is 0 Å². The van der Waals surface area contributed by atoms with Crippen molar-refractivity contribution in [2.45, 2.75) is 165 Å². The van der Waals surface area contributed by atoms with Crippen molar-refractivity contribution in [3.8, 4) is 0 Å². The predicted molar refractivity (Wildman–Crippen MR) is 243 cm³/mol. The third-order valence-electron chi connectivity index (χ3n) is 15.2. The number of hydrogen-bond acceptors (Lipinski definition) is 18. The summed E-state index contributed by atoms with van der Waals surface area (Å²) in [6, 6.07) is 14.7. The molecule has 3 aliphatic carbocycles. The van der Waals surface area contributed by atoms with Gasteiger partial charge in [0.1, 0.15) is 42.2 Å². The van der Waals surface area contributed by atoms with Crippen LogP contribution in [0.2, 0.25) is 0 Å². The topological polar surface area (TPSA) is 280 Å². The van der Waals surface area contributed by atoms with Crippen LogP contribution in [-0.2, 0) is 57.1 Å². The quantitative estimate of drug-likeness (QED) is 0.0647. The van der Waals surface area contributed by atoms with Gasteiger partial charge in [-0.05, 0) is 49.1 Å². The van der Waals surface area contributed by atoms with Crippen LogP contribution in [-0.4, -0.2) is 147 Å². The van der Waals surface area contributed by atoms with E-state index < -0.39 is 150 Å². The number of carbonyl (C=O) groups is 6. The van der Waals surface area contributed by atoms with Crippen LogP contribution < -0.4 is 5.32 Å². The number of carbonyl (C=O) groups excluding carboxylic acids is 6. The van der Waals surface area contributed by atoms with Gasteiger partial charge >= 0.3 is 23.9 Å². The number of esters is 4. The van der Waals surface area contributed by atoms with E-state index in [4.69, 9.17) is 33.2 Å². The van der Waals surface area contributed by atoms with Crippen LogP contribution in [0.3, 0.4) is 0 Å². The molecule has 2 bridgehead atoms. The van der Waals surface area contributed by atoms with Crippen LogP contribution in [0, 0.1) is 16.7 Å². The first-order chi connectivity index (χ1) is 33.0. The Hall–Kier alpha value is -5.12. The van der Waals surface area contributed by atoms with Crippen LogP contribution in [0.5, 0.6) is 0 Å². The molecule has 6 N–H and O–H groups in total. The maximum absolute atomic E-state index is 16.2. The van der Waals surface area contributed by atoms with Gasteiger partial charge in [0.15, 0.2) is 29.9 Å². The van der Waals surface area contributed by atoms with Crippen LogP contribution in [0.4, 0.5) is 0 Å². The number of aliphatic hydroxyl groups is 5. The standard InChI is InChI=1S/C51H65NO18/c1-8-9-12-21-35(56)52-37(29-17-13-10-14-18-29)39(58)46(62)67-32-23-51(63)44(69-45(61)30-19-15-11-16-20-30)42-49(7,43(60)41(66-27(3)53)36(26(32)2)48(51,5)6)33(22-34-50(42,25-65-34)70-28(4)54)68-47-40(59)38(57)31(55)24-64-47/h10-11,13-20,31-34,37-42,44,47,55,57-59,63H,8-9,12,21-25H2,1-7H3,(H,52,56)/t31-,32+,33+,34-,37+,38+,39-,40-,41-,42+,44+,47+,49-,50+,51-/m1/s1. The molecular formula is C51H65NO18. The fourth-order valence-electron chi connectivity index (χ4n) is 11.4. The molecule has 0 radical (unpaired) electrons. The predicted octanol–water partition coefficient (Wildman–Crippen LogP) is 2.47. The SMILES string of the molecule is CCCCCC(=O)N[C@@H](c1ccccc1)[C@@H](O)C(=O)O[C@H]1C[C@@]2(O)[C@@H](OC(=O)c3ccccc3)[C@@H]3[C@]4(OC(C)=O)CO[C@@H]4C[C@H](O[C@@H]4OC[C@@H](O)[C@H](O)[C@H]4O)[C@@]3(C)C(=O)[C@H](OC(C)=O)C(=C1C)C2(C)C. The van der Waals surface area contributed by atoms with Gasteiger partial charge < -0.3 is 64.0 Å². The number of unbranched alkanes of at least 4 members (excludes halogenated alkanes) is 2. The smallest absolute Gasteiger partial charge is 0.338 e. The Morgan fingerprint density at radius 3 is 2.13 bits per heavy atom. The zero-order valence-electron chi connectivity index (χ0n) is 40.4. The van der Waals surface area contributed by atoms with Gasteiger partial charge in [0.25, 0.3) is 0 Å². The van der Waals surface area contributed by atoms with Gasteiger partial charge in [-0.2, -0.15) is 0 Å². The third-order valence-corrected chi connectivity index (χ3v) is 15.2. The summed E-state index contributed by atoms with van der Waals surface area (Å²) in [5, 5.41) is 60.7. The Kier molecular flexibility index (Phi) is 15.5. The van der Waals surface area contributed by atoms with E-state index in [1.54, 1.807) is 48.5 Å². The third kappa shape index (κ3) is 9.42. The fourth-order valence-corrected chi connectivity index (χ4v) is 11.4. The maximum atomic E-state index is 16.2. The van der Waals surface area contributed by atoms with Gasteiger partial charge in [0.2, 0.25) is 5.91 Å². The number of hydrogen-bond donors (Lipinski definition) is 6. The van der Waals surface area contributed by atoms with E-state index in [-0.39, 0.29) is 29.6 Å². The molecule has 19 heteroatoms. The van der Waals surface area contributed by atoms with E-state index in [1.807, 2.05) is 6.92 Å². The summed E-state index contributed by atoms with van der Waals surface area (Å²) in [5.41, 5.74) is -7.84. The van der Waals surface area contributed by atoms with E-state index in [9.17, 15) is 49.5 Å². The molecule has 2 saturated carbocycles. The maximum Gasteiger partial charge on any atom is 0.338 e. The van der Waals surface area contributed by atoms with Crippen molar-refractivity contribution in [1.82, 2.24) is 5.32 Å². The Bertz CT molecular complexity index is 2320. The van der Waals surface area contributed by atoms with Crippen molar-refractivity contribution >= 4 is 35.6 Å². The molecule has 5 aliphatic rings. The van der Waals surface area contributed by atoms with E-state index in [2.05, 4.69) is 5.32 Å². The van der Waals surface area contributed by atoms with E-state index in [1.165, 1.54) is 39.8 Å². The van der Waals surface area contributed by atoms with Crippen molar-refractivity contribution in [3.63, 3.8) is 0 Å². The van der Waals surface area contributed by atoms with E-state index in [0.29, 0.717) is 12.0 Å². The number of nitrogens with one attached hydrogen (secondary N) is 1. The first-order valence-corrected chi connectivity index (χ1v) is 23.8. The van der Waals surface area contributed by atoms with Gasteiger partial charge in [-0.1, -0.05) is 82.1 Å². The van der Waals surface area contributed by atoms with Gasteiger partial charge in [0.05, 0.1) is 42.3 Å². The Labute approximate surface area is 405 Å². The number of fused-ring (bicyclic) bond motifs is 5. The molecule has 0 spiro atoms. The second-order valence-corrected chi connectivity index (χ2v) is 19.9. The summed E-state index contributed by atoms with van der Waals surface area (Å²) in [5.74, 6) is -7.02. The average molecular weight is 980 g/mol. The normalized spacial score (nSPS) is 35.2. The molecule has 0 unspecified atom stereocenters. The van der Waals surface area contributed by atoms with Crippen molar-refractivity contribution < 1.29 is 87.5 Å². The Morgan fingerprint density at radius 2 is 1.53 bits per heavy atom. The molecule has 19 nitrogen and oxygen atoms in total. The van der Waals surface area contributed by atoms with E-state index in [0.717, 1.165) is 26.7 Å². The lowest BCUT2D eigenvalue weighted by molar-refractivity contribution is -0.366. The number of ketones is 1. The Morgan fingerprint density at radius 1 is 0.871 bits per heavy atom. The number of amides is 1. The average Bonchev–Trinajstić information content (AvgIpc) is 3.31. The second kappa shape index (κ2) is 20.5. The minimum absolute atomic E-state index is 0.0205. The molecule has 4 fully saturated rings. The lowest BCUT2D eigenvalue weighted by Crippen LogP contribution is -2.82. The zero-order valence-corrected chi connectivity index (χ0v) is 40.4. The summed E-state index contributed by atoms with van der Waals surface area (Å²) >= 11 is 0. The van der Waals surface area contributed by atoms with Crippen LogP contribution in [0.15, 0.2) is 71.8 Å². The van der Waals surface area contributed by atoms with Crippen molar-refractivity contribution in [2.24, 2.45) is 16.7 Å². The van der Waals surface area contributed by atoms with Gasteiger partial charge in [-0.25, -0.2) is 9.59 Å². The number of aliphatic hydroxyl groups excluding tert-OH is 4. The zero-order chi connectivity index (χ0) is 51.1. The molecule has 382 valence electrons. The summed E-state index contributed by atoms with van der Waals surface area (Å²) in [7, 11) is 0.